The van der Waals surface area contributed by atoms with Crippen molar-refractivity contribution in [1.29, 1.82) is 0 Å². The van der Waals surface area contributed by atoms with Crippen molar-refractivity contribution in [1.82, 2.24) is 10.6 Å². The fraction of sp³-hybridized carbons (Fsp3) is 0.500. The molecule has 0 bridgehead atoms. The van der Waals surface area contributed by atoms with Gasteiger partial charge < -0.3 is 10.6 Å². The van der Waals surface area contributed by atoms with Crippen molar-refractivity contribution in [2.45, 2.75) is 45.7 Å². The van der Waals surface area contributed by atoms with Gasteiger partial charge in [0.15, 0.2) is 0 Å². The van der Waals surface area contributed by atoms with E-state index in [9.17, 15) is 9.59 Å². The topological polar surface area (TPSA) is 58.2 Å². The molecule has 0 saturated heterocycles. The lowest BCUT2D eigenvalue weighted by atomic mass is 10.0. The lowest BCUT2D eigenvalue weighted by Gasteiger charge is -2.23. The molecule has 4 nitrogen and oxygen atoms in total. The molecule has 4 heteroatoms. The van der Waals surface area contributed by atoms with E-state index in [-0.39, 0.29) is 23.8 Å². The number of carbonyl (C=O) groups excluding carboxylic acids is 2. The highest BCUT2D eigenvalue weighted by molar-refractivity contribution is 5.87. The summed E-state index contributed by atoms with van der Waals surface area (Å²) < 4.78 is 0. The van der Waals surface area contributed by atoms with Crippen molar-refractivity contribution in [2.75, 3.05) is 0 Å². The van der Waals surface area contributed by atoms with Crippen LogP contribution in [-0.2, 0) is 16.0 Å². The first kappa shape index (κ1) is 14.6. The summed E-state index contributed by atoms with van der Waals surface area (Å²) in [7, 11) is 0. The van der Waals surface area contributed by atoms with Crippen molar-refractivity contribution in [3.05, 3.63) is 35.4 Å². The number of fused-ring (bicyclic) bond motifs is 1. The van der Waals surface area contributed by atoms with Gasteiger partial charge in [0.05, 0.1) is 6.04 Å². The van der Waals surface area contributed by atoms with Gasteiger partial charge in [-0.05, 0) is 29.9 Å². The maximum Gasteiger partial charge on any atom is 0.243 e. The van der Waals surface area contributed by atoms with Crippen LogP contribution in [0, 0.1) is 5.92 Å². The Kier molecular flexibility index (Phi) is 4.42. The summed E-state index contributed by atoms with van der Waals surface area (Å²) in [6, 6.07) is 7.79. The number of nitrogens with one attached hydrogen (secondary N) is 2. The van der Waals surface area contributed by atoms with Crippen molar-refractivity contribution in [3.63, 3.8) is 0 Å². The maximum absolute atomic E-state index is 12.4. The molecule has 0 heterocycles. The molecule has 0 spiro atoms. The fourth-order valence-corrected chi connectivity index (χ4v) is 2.72. The monoisotopic (exact) mass is 274 g/mol. The van der Waals surface area contributed by atoms with Crippen LogP contribution in [0.2, 0.25) is 0 Å². The highest BCUT2D eigenvalue weighted by Crippen LogP contribution is 2.30. The molecule has 2 rings (SSSR count). The van der Waals surface area contributed by atoms with Crippen molar-refractivity contribution < 1.29 is 9.59 Å². The summed E-state index contributed by atoms with van der Waals surface area (Å²) in [5.41, 5.74) is 2.50. The highest BCUT2D eigenvalue weighted by atomic mass is 16.2. The van der Waals surface area contributed by atoms with E-state index in [2.05, 4.69) is 22.8 Å². The second-order valence-electron chi connectivity index (χ2n) is 5.72. The Hall–Kier alpha value is -1.84. The van der Waals surface area contributed by atoms with Gasteiger partial charge in [0.2, 0.25) is 11.8 Å². The first-order valence-electron chi connectivity index (χ1n) is 7.14. The number of benzene rings is 1. The van der Waals surface area contributed by atoms with Crippen LogP contribution in [0.25, 0.3) is 0 Å². The number of aryl methyl sites for hydroxylation is 1. The van der Waals surface area contributed by atoms with Crippen LogP contribution in [0.3, 0.4) is 0 Å². The molecule has 2 N–H and O–H groups in total. The lowest BCUT2D eigenvalue weighted by Crippen LogP contribution is -2.49. The minimum Gasteiger partial charge on any atom is -0.347 e. The normalized spacial score (nSPS) is 18.5. The van der Waals surface area contributed by atoms with E-state index in [1.807, 2.05) is 26.0 Å². The summed E-state index contributed by atoms with van der Waals surface area (Å²) in [6.45, 7) is 5.30. The molecule has 2 amide bonds. The van der Waals surface area contributed by atoms with E-state index in [1.54, 1.807) is 0 Å². The van der Waals surface area contributed by atoms with Crippen LogP contribution in [0.5, 0.6) is 0 Å². The van der Waals surface area contributed by atoms with E-state index >= 15 is 0 Å². The third-order valence-electron chi connectivity index (χ3n) is 3.76. The number of rotatable bonds is 4. The minimum atomic E-state index is -0.472. The molecule has 1 aromatic rings. The molecule has 108 valence electrons. The molecule has 2 atom stereocenters. The van der Waals surface area contributed by atoms with Crippen molar-refractivity contribution >= 4 is 11.8 Å². The quantitative estimate of drug-likeness (QED) is 0.881. The first-order valence-corrected chi connectivity index (χ1v) is 7.14. The van der Waals surface area contributed by atoms with Crippen LogP contribution >= 0.6 is 0 Å². The fourth-order valence-electron chi connectivity index (χ4n) is 2.72. The molecule has 0 fully saturated rings. The van der Waals surface area contributed by atoms with E-state index in [1.165, 1.54) is 18.1 Å². The Labute approximate surface area is 119 Å². The molecule has 0 saturated carbocycles. The number of carbonyl (C=O) groups is 2. The Morgan fingerprint density at radius 2 is 1.95 bits per heavy atom. The van der Waals surface area contributed by atoms with Gasteiger partial charge in [-0.2, -0.15) is 0 Å². The zero-order chi connectivity index (χ0) is 14.7. The summed E-state index contributed by atoms with van der Waals surface area (Å²) in [5.74, 6) is -0.210. The predicted octanol–water partition coefficient (Wildman–Crippen LogP) is 1.95. The second kappa shape index (κ2) is 6.07. The lowest BCUT2D eigenvalue weighted by molar-refractivity contribution is -0.129. The third kappa shape index (κ3) is 3.18. The van der Waals surface area contributed by atoms with Crippen LogP contribution < -0.4 is 10.6 Å². The number of hydrogen-bond acceptors (Lipinski definition) is 2. The SMILES string of the molecule is CC(=O)N[C@H](C(=O)N[C@@H]1CCc2ccccc21)C(C)C. The summed E-state index contributed by atoms with van der Waals surface area (Å²) in [6.07, 6.45) is 1.92. The van der Waals surface area contributed by atoms with Gasteiger partial charge in [-0.1, -0.05) is 38.1 Å². The average molecular weight is 274 g/mol. The van der Waals surface area contributed by atoms with Gasteiger partial charge in [0.1, 0.15) is 6.04 Å². The minimum absolute atomic E-state index is 0.0636. The summed E-state index contributed by atoms with van der Waals surface area (Å²) in [4.78, 5) is 23.6. The zero-order valence-electron chi connectivity index (χ0n) is 12.3. The van der Waals surface area contributed by atoms with Gasteiger partial charge in [-0.25, -0.2) is 0 Å². The Bertz CT molecular complexity index is 511. The average Bonchev–Trinajstić information content (AvgIpc) is 2.79. The smallest absolute Gasteiger partial charge is 0.243 e. The summed E-state index contributed by atoms with van der Waals surface area (Å²) >= 11 is 0. The maximum atomic E-state index is 12.4. The molecule has 1 aliphatic carbocycles. The zero-order valence-corrected chi connectivity index (χ0v) is 12.3. The second-order valence-corrected chi connectivity index (χ2v) is 5.72. The molecular weight excluding hydrogens is 252 g/mol. The van der Waals surface area contributed by atoms with Gasteiger partial charge in [-0.15, -0.1) is 0 Å². The molecule has 0 aromatic heterocycles. The molecule has 0 unspecified atom stereocenters. The van der Waals surface area contributed by atoms with Crippen LogP contribution in [0.4, 0.5) is 0 Å². The molecule has 0 aliphatic heterocycles. The van der Waals surface area contributed by atoms with E-state index in [0.29, 0.717) is 0 Å². The van der Waals surface area contributed by atoms with E-state index in [4.69, 9.17) is 0 Å². The predicted molar refractivity (Wildman–Crippen MR) is 78.1 cm³/mol. The number of hydrogen-bond donors (Lipinski definition) is 2. The van der Waals surface area contributed by atoms with Gasteiger partial charge in [0.25, 0.3) is 0 Å². The van der Waals surface area contributed by atoms with Crippen LogP contribution in [0.15, 0.2) is 24.3 Å². The number of amides is 2. The Balaban J connectivity index is 2.06. The molecular formula is C16H22N2O2. The molecule has 20 heavy (non-hydrogen) atoms. The van der Waals surface area contributed by atoms with Gasteiger partial charge in [0, 0.05) is 6.92 Å². The first-order chi connectivity index (χ1) is 9.49. The van der Waals surface area contributed by atoms with Gasteiger partial charge >= 0.3 is 0 Å². The van der Waals surface area contributed by atoms with Gasteiger partial charge in [-0.3, -0.25) is 9.59 Å². The van der Waals surface area contributed by atoms with E-state index < -0.39 is 6.04 Å². The Morgan fingerprint density at radius 1 is 1.25 bits per heavy atom. The largest absolute Gasteiger partial charge is 0.347 e. The van der Waals surface area contributed by atoms with Crippen LogP contribution in [0.1, 0.15) is 44.4 Å². The van der Waals surface area contributed by atoms with Crippen molar-refractivity contribution in [3.8, 4) is 0 Å². The van der Waals surface area contributed by atoms with Crippen molar-refractivity contribution in [2.24, 2.45) is 5.92 Å². The Morgan fingerprint density at radius 3 is 2.60 bits per heavy atom. The molecule has 0 radical (unpaired) electrons. The standard InChI is InChI=1S/C16H22N2O2/c1-10(2)15(17-11(3)19)16(20)18-14-9-8-12-6-4-5-7-13(12)14/h4-7,10,14-15H,8-9H2,1-3H3,(H,17,19)(H,18,20)/t14-,15+/m1/s1. The van der Waals surface area contributed by atoms with Crippen LogP contribution in [-0.4, -0.2) is 17.9 Å². The van der Waals surface area contributed by atoms with E-state index in [0.717, 1.165) is 12.8 Å². The highest BCUT2D eigenvalue weighted by Gasteiger charge is 2.28. The molecule has 1 aliphatic rings. The third-order valence-corrected chi connectivity index (χ3v) is 3.76. The molecule has 1 aromatic carbocycles. The summed E-state index contributed by atoms with van der Waals surface area (Å²) in [5, 5.41) is 5.79.